The number of nitrogens with zero attached hydrogens (tertiary/aromatic N) is 3. The van der Waals surface area contributed by atoms with Gasteiger partial charge in [0.1, 0.15) is 11.4 Å². The number of aromatic nitrogens is 1. The number of hydrogen-bond acceptors (Lipinski definition) is 4. The minimum Gasteiger partial charge on any atom is -0.487 e. The molecule has 1 aromatic heterocycles. The number of fused-ring (bicyclic) bond motifs is 1. The highest BCUT2D eigenvalue weighted by Crippen LogP contribution is 2.47. The smallest absolute Gasteiger partial charge is 0.253 e. The molecule has 4 heterocycles. The van der Waals surface area contributed by atoms with Gasteiger partial charge in [0, 0.05) is 54.6 Å². The van der Waals surface area contributed by atoms with Crippen LogP contribution in [0.25, 0.3) is 0 Å². The maximum absolute atomic E-state index is 12.8. The molecule has 0 bridgehead atoms. The van der Waals surface area contributed by atoms with E-state index < -0.39 is 0 Å². The van der Waals surface area contributed by atoms with Crippen LogP contribution in [0.4, 0.5) is 0 Å². The van der Waals surface area contributed by atoms with Crippen molar-refractivity contribution in [2.75, 3.05) is 26.2 Å². The molecule has 0 radical (unpaired) electrons. The van der Waals surface area contributed by atoms with Gasteiger partial charge in [-0.1, -0.05) is 25.1 Å². The molecule has 1 atom stereocenters. The molecule has 0 N–H and O–H groups in total. The Bertz CT molecular complexity index is 970. The Morgan fingerprint density at radius 2 is 1.69 bits per heavy atom. The summed E-state index contributed by atoms with van der Waals surface area (Å²) >= 11 is 0. The lowest BCUT2D eigenvalue weighted by molar-refractivity contribution is 0.0281. The topological polar surface area (TPSA) is 45.7 Å². The first-order valence-electron chi connectivity index (χ1n) is 12.1. The average Bonchev–Trinajstić information content (AvgIpc) is 3.05. The number of likely N-dealkylation sites (tertiary alicyclic amines) is 2. The Hall–Kier alpha value is -2.40. The summed E-state index contributed by atoms with van der Waals surface area (Å²) in [5, 5.41) is 0. The maximum atomic E-state index is 12.8. The SMILES string of the molecule is CC1c2cccc(CN3CCC4(CC3)CCN(C(=O)c3ccncc3)CC4)c2OC1(C)C. The molecule has 5 heteroatoms. The lowest BCUT2D eigenvalue weighted by Gasteiger charge is -2.47. The summed E-state index contributed by atoms with van der Waals surface area (Å²) in [6.07, 6.45) is 8.08. The van der Waals surface area contributed by atoms with E-state index in [4.69, 9.17) is 4.74 Å². The van der Waals surface area contributed by atoms with Crippen LogP contribution in [0.3, 0.4) is 0 Å². The van der Waals surface area contributed by atoms with Gasteiger partial charge in [-0.25, -0.2) is 0 Å². The molecule has 0 saturated carbocycles. The number of para-hydroxylation sites is 1. The van der Waals surface area contributed by atoms with Gasteiger partial charge in [-0.2, -0.15) is 0 Å². The molecule has 1 amide bonds. The van der Waals surface area contributed by atoms with Crippen LogP contribution in [0.2, 0.25) is 0 Å². The number of rotatable bonds is 3. The molecule has 5 rings (SSSR count). The van der Waals surface area contributed by atoms with Crippen molar-refractivity contribution in [1.29, 1.82) is 0 Å². The number of pyridine rings is 1. The summed E-state index contributed by atoms with van der Waals surface area (Å²) in [6, 6.07) is 10.3. The lowest BCUT2D eigenvalue weighted by atomic mass is 9.71. The zero-order chi connectivity index (χ0) is 22.3. The molecule has 3 aliphatic rings. The van der Waals surface area contributed by atoms with Gasteiger partial charge >= 0.3 is 0 Å². The van der Waals surface area contributed by atoms with E-state index in [1.807, 2.05) is 17.0 Å². The van der Waals surface area contributed by atoms with Crippen molar-refractivity contribution in [3.05, 3.63) is 59.4 Å². The summed E-state index contributed by atoms with van der Waals surface area (Å²) in [6.45, 7) is 11.6. The largest absolute Gasteiger partial charge is 0.487 e. The van der Waals surface area contributed by atoms with E-state index in [1.165, 1.54) is 24.0 Å². The Morgan fingerprint density at radius 3 is 2.38 bits per heavy atom. The van der Waals surface area contributed by atoms with E-state index >= 15 is 0 Å². The summed E-state index contributed by atoms with van der Waals surface area (Å²) in [5.41, 5.74) is 3.70. The van der Waals surface area contributed by atoms with Gasteiger partial charge in [0.2, 0.25) is 0 Å². The van der Waals surface area contributed by atoms with E-state index in [0.717, 1.165) is 56.9 Å². The van der Waals surface area contributed by atoms with Gasteiger partial charge < -0.3 is 9.64 Å². The van der Waals surface area contributed by atoms with E-state index in [2.05, 4.69) is 48.9 Å². The van der Waals surface area contributed by atoms with Crippen molar-refractivity contribution in [2.24, 2.45) is 5.41 Å². The fourth-order valence-electron chi connectivity index (χ4n) is 5.71. The van der Waals surface area contributed by atoms with Gasteiger partial charge in [-0.3, -0.25) is 14.7 Å². The van der Waals surface area contributed by atoms with Gasteiger partial charge in [0.05, 0.1) is 0 Å². The summed E-state index contributed by atoms with van der Waals surface area (Å²) in [7, 11) is 0. The highest BCUT2D eigenvalue weighted by atomic mass is 16.5. The zero-order valence-corrected chi connectivity index (χ0v) is 19.6. The highest BCUT2D eigenvalue weighted by Gasteiger charge is 2.41. The summed E-state index contributed by atoms with van der Waals surface area (Å²) < 4.78 is 6.39. The molecule has 1 aromatic carbocycles. The average molecular weight is 434 g/mol. The van der Waals surface area contributed by atoms with Crippen LogP contribution in [0.1, 0.15) is 73.9 Å². The second-order valence-electron chi connectivity index (χ2n) is 10.6. The summed E-state index contributed by atoms with van der Waals surface area (Å²) in [5.74, 6) is 1.69. The summed E-state index contributed by atoms with van der Waals surface area (Å²) in [4.78, 5) is 21.4. The Balaban J connectivity index is 1.17. The first kappa shape index (κ1) is 21.4. The number of carbonyl (C=O) groups is 1. The molecular weight excluding hydrogens is 398 g/mol. The van der Waals surface area contributed by atoms with Gasteiger partial charge in [0.25, 0.3) is 5.91 Å². The van der Waals surface area contributed by atoms with Crippen molar-refractivity contribution in [2.45, 2.75) is 64.5 Å². The fourth-order valence-corrected chi connectivity index (χ4v) is 5.71. The molecule has 2 saturated heterocycles. The number of ether oxygens (including phenoxy) is 1. The van der Waals surface area contributed by atoms with Crippen molar-refractivity contribution in [3.8, 4) is 5.75 Å². The minimum atomic E-state index is -0.133. The van der Waals surface area contributed by atoms with Gasteiger partial charge in [-0.15, -0.1) is 0 Å². The normalized spacial score (nSPS) is 24.2. The zero-order valence-electron chi connectivity index (χ0n) is 19.6. The Kier molecular flexibility index (Phi) is 5.48. The third-order valence-corrected chi connectivity index (χ3v) is 8.35. The molecule has 2 aromatic rings. The second kappa shape index (κ2) is 8.18. The molecular formula is C27H35N3O2. The Labute approximate surface area is 191 Å². The third kappa shape index (κ3) is 3.92. The predicted octanol–water partition coefficient (Wildman–Crippen LogP) is 4.87. The standard InChI is InChI=1S/C27H35N3O2/c1-20-23-6-4-5-22(24(23)32-26(20,2)3)19-29-15-9-27(10-16-29)11-17-30(18-12-27)25(31)21-7-13-28-14-8-21/h4-8,13-14,20H,9-12,15-19H2,1-3H3. The van der Waals surface area contributed by atoms with Crippen molar-refractivity contribution >= 4 is 5.91 Å². The van der Waals surface area contributed by atoms with Crippen LogP contribution >= 0.6 is 0 Å². The van der Waals surface area contributed by atoms with Crippen LogP contribution in [0.15, 0.2) is 42.7 Å². The number of piperidine rings is 2. The molecule has 1 unspecified atom stereocenters. The monoisotopic (exact) mass is 433 g/mol. The van der Waals surface area contributed by atoms with Crippen molar-refractivity contribution < 1.29 is 9.53 Å². The first-order valence-corrected chi connectivity index (χ1v) is 12.1. The number of hydrogen-bond donors (Lipinski definition) is 0. The van der Waals surface area contributed by atoms with Gasteiger partial charge in [-0.05, 0) is 70.2 Å². The molecule has 170 valence electrons. The van der Waals surface area contributed by atoms with Crippen LogP contribution in [-0.2, 0) is 6.54 Å². The van der Waals surface area contributed by atoms with Crippen LogP contribution in [0, 0.1) is 5.41 Å². The Morgan fingerprint density at radius 1 is 1.03 bits per heavy atom. The maximum Gasteiger partial charge on any atom is 0.253 e. The van der Waals surface area contributed by atoms with Gasteiger partial charge in [0.15, 0.2) is 0 Å². The second-order valence-corrected chi connectivity index (χ2v) is 10.6. The minimum absolute atomic E-state index is 0.133. The van der Waals surface area contributed by atoms with Crippen molar-refractivity contribution in [1.82, 2.24) is 14.8 Å². The third-order valence-electron chi connectivity index (χ3n) is 8.35. The number of benzene rings is 1. The lowest BCUT2D eigenvalue weighted by Crippen LogP contribution is -2.48. The van der Waals surface area contributed by atoms with E-state index in [-0.39, 0.29) is 11.5 Å². The molecule has 32 heavy (non-hydrogen) atoms. The van der Waals surface area contributed by atoms with Crippen LogP contribution < -0.4 is 4.74 Å². The van der Waals surface area contributed by atoms with Crippen LogP contribution in [-0.4, -0.2) is 52.5 Å². The van der Waals surface area contributed by atoms with E-state index in [0.29, 0.717) is 11.3 Å². The number of carbonyl (C=O) groups excluding carboxylic acids is 1. The number of amides is 1. The first-order chi connectivity index (χ1) is 15.4. The molecule has 1 spiro atoms. The fraction of sp³-hybridized carbons (Fsp3) is 0.556. The molecule has 0 aliphatic carbocycles. The van der Waals surface area contributed by atoms with E-state index in [1.54, 1.807) is 12.4 Å². The quantitative estimate of drug-likeness (QED) is 0.692. The van der Waals surface area contributed by atoms with E-state index in [9.17, 15) is 4.79 Å². The van der Waals surface area contributed by atoms with Crippen molar-refractivity contribution in [3.63, 3.8) is 0 Å². The molecule has 5 nitrogen and oxygen atoms in total. The highest BCUT2D eigenvalue weighted by molar-refractivity contribution is 5.94. The molecule has 3 aliphatic heterocycles. The molecule has 2 fully saturated rings. The predicted molar refractivity (Wildman–Crippen MR) is 126 cm³/mol. The van der Waals surface area contributed by atoms with Crippen LogP contribution in [0.5, 0.6) is 5.75 Å².